The van der Waals surface area contributed by atoms with Gasteiger partial charge in [-0.15, -0.1) is 0 Å². The van der Waals surface area contributed by atoms with Crippen molar-refractivity contribution in [3.05, 3.63) is 93.9 Å². The molecule has 30 heavy (non-hydrogen) atoms. The van der Waals surface area contributed by atoms with Crippen LogP contribution in [0.25, 0.3) is 0 Å². The van der Waals surface area contributed by atoms with Crippen molar-refractivity contribution in [3.63, 3.8) is 0 Å². The van der Waals surface area contributed by atoms with Crippen molar-refractivity contribution in [2.75, 3.05) is 6.61 Å². The number of carbonyl (C=O) groups is 1. The van der Waals surface area contributed by atoms with E-state index in [-0.39, 0.29) is 36.4 Å². The molecule has 1 fully saturated rings. The topological polar surface area (TPSA) is 73.2 Å². The zero-order valence-corrected chi connectivity index (χ0v) is 17.0. The molecule has 1 N–H and O–H groups in total. The van der Waals surface area contributed by atoms with Gasteiger partial charge < -0.3 is 10.1 Å². The zero-order valence-electron chi connectivity index (χ0n) is 17.0. The Labute approximate surface area is 175 Å². The average molecular weight is 403 g/mol. The third-order valence-corrected chi connectivity index (χ3v) is 5.23. The maximum atomic E-state index is 12.9. The van der Waals surface area contributed by atoms with Crippen LogP contribution >= 0.6 is 0 Å². The van der Waals surface area contributed by atoms with E-state index < -0.39 is 0 Å². The maximum Gasteiger partial charge on any atom is 0.272 e. The normalized spacial score (nSPS) is 14.2. The Morgan fingerprint density at radius 3 is 2.53 bits per heavy atom. The van der Waals surface area contributed by atoms with Gasteiger partial charge in [0.1, 0.15) is 18.1 Å². The Balaban J connectivity index is 1.43. The quantitative estimate of drug-likeness (QED) is 0.625. The number of aryl methyl sites for hydroxylation is 1. The summed E-state index contributed by atoms with van der Waals surface area (Å²) in [6, 6.07) is 20.4. The van der Waals surface area contributed by atoms with Crippen molar-refractivity contribution in [1.29, 1.82) is 0 Å². The fourth-order valence-electron chi connectivity index (χ4n) is 3.39. The number of nitrogens with zero attached hydrogens (tertiary/aromatic N) is 2. The van der Waals surface area contributed by atoms with Gasteiger partial charge in [-0.2, -0.15) is 5.10 Å². The second kappa shape index (κ2) is 8.95. The highest BCUT2D eigenvalue weighted by Gasteiger charge is 2.33. The molecule has 1 heterocycles. The number of amides is 1. The molecule has 0 bridgehead atoms. The van der Waals surface area contributed by atoms with Crippen molar-refractivity contribution in [2.24, 2.45) is 5.92 Å². The van der Waals surface area contributed by atoms with Crippen LogP contribution in [0.2, 0.25) is 0 Å². The van der Waals surface area contributed by atoms with Crippen molar-refractivity contribution in [1.82, 2.24) is 15.1 Å². The fraction of sp³-hybridized carbons (Fsp3) is 0.292. The molecule has 0 spiro atoms. The number of hydrogen-bond acceptors (Lipinski definition) is 4. The lowest BCUT2D eigenvalue weighted by Gasteiger charge is -2.19. The molecular weight excluding hydrogens is 378 g/mol. The first-order valence-electron chi connectivity index (χ1n) is 10.2. The van der Waals surface area contributed by atoms with Gasteiger partial charge in [0, 0.05) is 6.07 Å². The molecule has 1 saturated carbocycles. The molecule has 6 heteroatoms. The molecule has 1 amide bonds. The van der Waals surface area contributed by atoms with Crippen molar-refractivity contribution >= 4 is 5.91 Å². The Kier molecular flexibility index (Phi) is 5.93. The van der Waals surface area contributed by atoms with E-state index in [1.165, 1.54) is 22.4 Å². The van der Waals surface area contributed by atoms with Gasteiger partial charge >= 0.3 is 0 Å². The zero-order chi connectivity index (χ0) is 20.9. The first-order chi connectivity index (χ1) is 14.6. The minimum atomic E-state index is -0.273. The highest BCUT2D eigenvalue weighted by Crippen LogP contribution is 2.41. The van der Waals surface area contributed by atoms with Crippen LogP contribution in [0.1, 0.15) is 40.5 Å². The minimum absolute atomic E-state index is 0.0401. The molecule has 0 radical (unpaired) electrons. The number of carbonyl (C=O) groups excluding carboxylic acids is 1. The maximum absolute atomic E-state index is 12.9. The summed E-state index contributed by atoms with van der Waals surface area (Å²) in [7, 11) is 0. The van der Waals surface area contributed by atoms with Gasteiger partial charge in [-0.1, -0.05) is 48.0 Å². The summed E-state index contributed by atoms with van der Waals surface area (Å²) in [5.41, 5.74) is 2.25. The van der Waals surface area contributed by atoms with Crippen molar-refractivity contribution < 1.29 is 9.53 Å². The molecule has 4 rings (SSSR count). The number of rotatable bonds is 8. The van der Waals surface area contributed by atoms with Crippen LogP contribution in [0.3, 0.4) is 0 Å². The predicted molar refractivity (Wildman–Crippen MR) is 115 cm³/mol. The lowest BCUT2D eigenvalue weighted by Crippen LogP contribution is -2.33. The fourth-order valence-corrected chi connectivity index (χ4v) is 3.39. The molecule has 154 valence electrons. The molecule has 1 unspecified atom stereocenters. The lowest BCUT2D eigenvalue weighted by atomic mass is 10.0. The molecule has 6 nitrogen and oxygen atoms in total. The van der Waals surface area contributed by atoms with Gasteiger partial charge in [-0.3, -0.25) is 9.59 Å². The van der Waals surface area contributed by atoms with E-state index in [0.717, 1.165) is 24.2 Å². The predicted octanol–water partition coefficient (Wildman–Crippen LogP) is 3.51. The first-order valence-corrected chi connectivity index (χ1v) is 10.2. The van der Waals surface area contributed by atoms with E-state index in [0.29, 0.717) is 5.92 Å². The van der Waals surface area contributed by atoms with E-state index in [1.807, 2.05) is 37.3 Å². The van der Waals surface area contributed by atoms with Gasteiger partial charge in [-0.05, 0) is 49.4 Å². The highest BCUT2D eigenvalue weighted by molar-refractivity contribution is 5.92. The van der Waals surface area contributed by atoms with E-state index >= 15 is 0 Å². The van der Waals surface area contributed by atoms with Crippen LogP contribution in [0.4, 0.5) is 0 Å². The van der Waals surface area contributed by atoms with Gasteiger partial charge in [0.15, 0.2) is 0 Å². The average Bonchev–Trinajstić information content (AvgIpc) is 3.60. The Hall–Kier alpha value is -3.41. The minimum Gasteiger partial charge on any atom is -0.492 e. The molecule has 3 aromatic rings. The molecule has 1 atom stereocenters. The van der Waals surface area contributed by atoms with Crippen LogP contribution in [-0.2, 0) is 6.54 Å². The summed E-state index contributed by atoms with van der Waals surface area (Å²) >= 11 is 0. The number of ether oxygens (including phenoxy) is 1. The van der Waals surface area contributed by atoms with Gasteiger partial charge in [0.25, 0.3) is 11.5 Å². The summed E-state index contributed by atoms with van der Waals surface area (Å²) in [6.07, 6.45) is 2.20. The van der Waals surface area contributed by atoms with Gasteiger partial charge in [0.05, 0.1) is 12.6 Å². The van der Waals surface area contributed by atoms with Gasteiger partial charge in [0.2, 0.25) is 0 Å². The lowest BCUT2D eigenvalue weighted by molar-refractivity contribution is 0.0923. The standard InChI is InChI=1S/C24H25N3O3/c1-17-7-9-18(10-8-17)23(19-11-12-19)25-24(29)21-13-14-22(28)27(26-21)15-16-30-20-5-3-2-4-6-20/h2-10,13-14,19,23H,11-12,15-16H2,1H3,(H,25,29). The SMILES string of the molecule is Cc1ccc(C(NC(=O)c2ccc(=O)n(CCOc3ccccc3)n2)C2CC2)cc1. The van der Waals surface area contributed by atoms with E-state index in [2.05, 4.69) is 34.7 Å². The van der Waals surface area contributed by atoms with Crippen LogP contribution < -0.4 is 15.6 Å². The molecule has 2 aromatic carbocycles. The third-order valence-electron chi connectivity index (χ3n) is 5.23. The number of hydrogen-bond donors (Lipinski definition) is 1. The van der Waals surface area contributed by atoms with E-state index in [9.17, 15) is 9.59 Å². The van der Waals surface area contributed by atoms with Crippen molar-refractivity contribution in [3.8, 4) is 5.75 Å². The highest BCUT2D eigenvalue weighted by atomic mass is 16.5. The number of para-hydroxylation sites is 1. The largest absolute Gasteiger partial charge is 0.492 e. The molecule has 1 aliphatic carbocycles. The Morgan fingerprint density at radius 2 is 1.83 bits per heavy atom. The first kappa shape index (κ1) is 19.9. The summed E-state index contributed by atoms with van der Waals surface area (Å²) in [5, 5.41) is 7.37. The smallest absolute Gasteiger partial charge is 0.272 e. The molecular formula is C24H25N3O3. The van der Waals surface area contributed by atoms with Crippen molar-refractivity contribution in [2.45, 2.75) is 32.4 Å². The van der Waals surface area contributed by atoms with Crippen LogP contribution in [0, 0.1) is 12.8 Å². The summed E-state index contributed by atoms with van der Waals surface area (Å²) in [4.78, 5) is 25.0. The molecule has 0 saturated heterocycles. The number of aromatic nitrogens is 2. The number of benzene rings is 2. The summed E-state index contributed by atoms with van der Waals surface area (Å²) in [6.45, 7) is 2.60. The molecule has 1 aliphatic rings. The van der Waals surface area contributed by atoms with Crippen LogP contribution in [-0.4, -0.2) is 22.3 Å². The Bertz CT molecular complexity index is 1060. The second-order valence-electron chi connectivity index (χ2n) is 7.64. The molecule has 1 aromatic heterocycles. The van der Waals surface area contributed by atoms with E-state index in [4.69, 9.17) is 4.74 Å². The monoisotopic (exact) mass is 403 g/mol. The van der Waals surface area contributed by atoms with Gasteiger partial charge in [-0.25, -0.2) is 4.68 Å². The molecule has 0 aliphatic heterocycles. The summed E-state index contributed by atoms with van der Waals surface area (Å²) < 4.78 is 6.91. The summed E-state index contributed by atoms with van der Waals surface area (Å²) in [5.74, 6) is 0.900. The number of nitrogens with one attached hydrogen (secondary N) is 1. The van der Waals surface area contributed by atoms with Crippen LogP contribution in [0.15, 0.2) is 71.5 Å². The Morgan fingerprint density at radius 1 is 1.10 bits per heavy atom. The van der Waals surface area contributed by atoms with E-state index in [1.54, 1.807) is 0 Å². The van der Waals surface area contributed by atoms with Crippen LogP contribution in [0.5, 0.6) is 5.75 Å². The third kappa shape index (κ3) is 4.95. The second-order valence-corrected chi connectivity index (χ2v) is 7.64.